The molecule has 1 saturated heterocycles. The minimum absolute atomic E-state index is 0.00331. The second kappa shape index (κ2) is 9.30. The zero-order valence-electron chi connectivity index (χ0n) is 16.3. The van der Waals surface area contributed by atoms with E-state index < -0.39 is 26.7 Å². The first kappa shape index (κ1) is 23.4. The maximum absolute atomic E-state index is 13.5. The van der Waals surface area contributed by atoms with Gasteiger partial charge >= 0.3 is 6.18 Å². The Bertz CT molecular complexity index is 772. The molecule has 0 aliphatic carbocycles. The van der Waals surface area contributed by atoms with Gasteiger partial charge in [-0.1, -0.05) is 18.5 Å². The summed E-state index contributed by atoms with van der Waals surface area (Å²) in [6, 6.07) is 2.81. The summed E-state index contributed by atoms with van der Waals surface area (Å²) >= 11 is 5.71. The van der Waals surface area contributed by atoms with Crippen molar-refractivity contribution in [2.75, 3.05) is 46.8 Å². The van der Waals surface area contributed by atoms with Gasteiger partial charge in [-0.15, -0.1) is 0 Å². The van der Waals surface area contributed by atoms with E-state index in [4.69, 9.17) is 11.6 Å². The molecule has 0 N–H and O–H groups in total. The molecule has 0 amide bonds. The Hall–Kier alpha value is -0.870. The number of sulfonamides is 1. The lowest BCUT2D eigenvalue weighted by atomic mass is 10.2. The highest BCUT2D eigenvalue weighted by molar-refractivity contribution is 7.89. The number of likely N-dealkylation sites (tertiary alicyclic amines) is 1. The van der Waals surface area contributed by atoms with Crippen molar-refractivity contribution in [2.24, 2.45) is 0 Å². The second-order valence-electron chi connectivity index (χ2n) is 7.23. The molecule has 10 heteroatoms. The van der Waals surface area contributed by atoms with Crippen LogP contribution in [-0.4, -0.2) is 75.4 Å². The van der Waals surface area contributed by atoms with Crippen LogP contribution in [0.2, 0.25) is 5.02 Å². The molecular formula is C18H27ClF3N3O2S. The first-order chi connectivity index (χ1) is 13.0. The Balaban J connectivity index is 2.43. The third kappa shape index (κ3) is 5.60. The number of nitrogens with zero attached hydrogens (tertiary/aromatic N) is 3. The number of benzene rings is 1. The molecule has 0 spiro atoms. The number of alkyl halides is 3. The number of hydrogen-bond acceptors (Lipinski definition) is 4. The molecule has 0 radical (unpaired) electrons. The van der Waals surface area contributed by atoms with Gasteiger partial charge in [-0.25, -0.2) is 8.42 Å². The second-order valence-corrected chi connectivity index (χ2v) is 9.57. The SMILES string of the molecule is CCN1CCC[C@@H]1CN(CCN(C)C)S(=O)(=O)c1ccc(Cl)cc1C(F)(F)F. The Kier molecular flexibility index (Phi) is 7.77. The fourth-order valence-electron chi connectivity index (χ4n) is 3.46. The van der Waals surface area contributed by atoms with Gasteiger partial charge in [0.25, 0.3) is 0 Å². The minimum atomic E-state index is -4.82. The van der Waals surface area contributed by atoms with Crippen molar-refractivity contribution in [2.45, 2.75) is 36.9 Å². The fourth-order valence-corrected chi connectivity index (χ4v) is 5.30. The molecule has 1 aliphatic rings. The average Bonchev–Trinajstić information content (AvgIpc) is 3.04. The van der Waals surface area contributed by atoms with Crippen LogP contribution in [0.4, 0.5) is 13.2 Å². The molecule has 1 fully saturated rings. The van der Waals surface area contributed by atoms with Crippen LogP contribution in [0.5, 0.6) is 0 Å². The molecular weight excluding hydrogens is 415 g/mol. The highest BCUT2D eigenvalue weighted by Crippen LogP contribution is 2.37. The molecule has 160 valence electrons. The first-order valence-corrected chi connectivity index (χ1v) is 11.0. The van der Waals surface area contributed by atoms with Crippen molar-refractivity contribution in [1.82, 2.24) is 14.1 Å². The van der Waals surface area contributed by atoms with E-state index in [0.29, 0.717) is 12.6 Å². The smallest absolute Gasteiger partial charge is 0.308 e. The van der Waals surface area contributed by atoms with Crippen molar-refractivity contribution in [1.29, 1.82) is 0 Å². The third-order valence-electron chi connectivity index (χ3n) is 4.98. The summed E-state index contributed by atoms with van der Waals surface area (Å²) in [4.78, 5) is 3.23. The molecule has 1 heterocycles. The molecule has 5 nitrogen and oxygen atoms in total. The van der Waals surface area contributed by atoms with Crippen LogP contribution >= 0.6 is 11.6 Å². The van der Waals surface area contributed by atoms with E-state index in [0.717, 1.165) is 32.0 Å². The quantitative estimate of drug-likeness (QED) is 0.620. The Morgan fingerprint density at radius 1 is 1.25 bits per heavy atom. The van der Waals surface area contributed by atoms with Crippen LogP contribution in [0.1, 0.15) is 25.3 Å². The topological polar surface area (TPSA) is 43.9 Å². The maximum Gasteiger partial charge on any atom is 0.417 e. The molecule has 0 bridgehead atoms. The zero-order valence-corrected chi connectivity index (χ0v) is 17.9. The lowest BCUT2D eigenvalue weighted by molar-refractivity contribution is -0.139. The minimum Gasteiger partial charge on any atom is -0.308 e. The third-order valence-corrected chi connectivity index (χ3v) is 7.14. The van der Waals surface area contributed by atoms with Gasteiger partial charge < -0.3 is 4.90 Å². The maximum atomic E-state index is 13.5. The van der Waals surface area contributed by atoms with E-state index in [2.05, 4.69) is 4.90 Å². The standard InChI is InChI=1S/C18H27ClF3N3O2S/c1-4-24-9-5-6-15(24)13-25(11-10-23(2)3)28(26,27)17-8-7-14(19)12-16(17)18(20,21)22/h7-8,12,15H,4-6,9-11,13H2,1-3H3/t15-/m1/s1. The number of rotatable bonds is 8. The van der Waals surface area contributed by atoms with E-state index in [1.807, 2.05) is 6.92 Å². The summed E-state index contributed by atoms with van der Waals surface area (Å²) in [5, 5.41) is -0.154. The molecule has 0 unspecified atom stereocenters. The molecule has 1 atom stereocenters. The Labute approximate surface area is 170 Å². The van der Waals surface area contributed by atoms with Crippen molar-refractivity contribution in [3.05, 3.63) is 28.8 Å². The van der Waals surface area contributed by atoms with Crippen LogP contribution < -0.4 is 0 Å². The number of hydrogen-bond donors (Lipinski definition) is 0. The van der Waals surface area contributed by atoms with Gasteiger partial charge in [-0.3, -0.25) is 4.90 Å². The van der Waals surface area contributed by atoms with Gasteiger partial charge in [0.05, 0.1) is 10.5 Å². The zero-order chi connectivity index (χ0) is 21.1. The largest absolute Gasteiger partial charge is 0.417 e. The van der Waals surface area contributed by atoms with Gasteiger partial charge in [0.1, 0.15) is 0 Å². The van der Waals surface area contributed by atoms with E-state index in [1.54, 1.807) is 19.0 Å². The summed E-state index contributed by atoms with van der Waals surface area (Å²) in [5.41, 5.74) is -1.23. The van der Waals surface area contributed by atoms with Gasteiger partial charge in [-0.2, -0.15) is 17.5 Å². The normalized spacial score (nSPS) is 19.1. The van der Waals surface area contributed by atoms with Crippen molar-refractivity contribution in [3.8, 4) is 0 Å². The lowest BCUT2D eigenvalue weighted by Gasteiger charge is -2.31. The van der Waals surface area contributed by atoms with E-state index in [1.165, 1.54) is 10.4 Å². The van der Waals surface area contributed by atoms with Gasteiger partial charge in [0, 0.05) is 30.7 Å². The summed E-state index contributed by atoms with van der Waals surface area (Å²) in [5.74, 6) is 0. The monoisotopic (exact) mass is 441 g/mol. The van der Waals surface area contributed by atoms with Gasteiger partial charge in [-0.05, 0) is 58.2 Å². The van der Waals surface area contributed by atoms with Crippen LogP contribution in [0, 0.1) is 0 Å². The Morgan fingerprint density at radius 2 is 1.93 bits per heavy atom. The molecule has 28 heavy (non-hydrogen) atoms. The number of likely N-dealkylation sites (N-methyl/N-ethyl adjacent to an activating group) is 2. The predicted octanol–water partition coefficient (Wildman–Crippen LogP) is 3.40. The fraction of sp³-hybridized carbons (Fsp3) is 0.667. The first-order valence-electron chi connectivity index (χ1n) is 9.22. The van der Waals surface area contributed by atoms with Gasteiger partial charge in [0.15, 0.2) is 0 Å². The molecule has 1 aromatic rings. The van der Waals surface area contributed by atoms with Crippen molar-refractivity contribution < 1.29 is 21.6 Å². The summed E-state index contributed by atoms with van der Waals surface area (Å²) < 4.78 is 68.2. The highest BCUT2D eigenvalue weighted by atomic mass is 35.5. The van der Waals surface area contributed by atoms with Gasteiger partial charge in [0.2, 0.25) is 10.0 Å². The summed E-state index contributed by atoms with van der Waals surface area (Å²) in [6.07, 6.45) is -3.03. The van der Waals surface area contributed by atoms with E-state index in [-0.39, 0.29) is 24.2 Å². The molecule has 1 aromatic carbocycles. The highest BCUT2D eigenvalue weighted by Gasteiger charge is 2.40. The molecule has 2 rings (SSSR count). The molecule has 0 saturated carbocycles. The van der Waals surface area contributed by atoms with Crippen LogP contribution in [0.3, 0.4) is 0 Å². The van der Waals surface area contributed by atoms with E-state index in [9.17, 15) is 21.6 Å². The van der Waals surface area contributed by atoms with Crippen LogP contribution in [0.25, 0.3) is 0 Å². The molecule has 0 aromatic heterocycles. The van der Waals surface area contributed by atoms with E-state index >= 15 is 0 Å². The summed E-state index contributed by atoms with van der Waals surface area (Å²) in [6.45, 7) is 4.34. The lowest BCUT2D eigenvalue weighted by Crippen LogP contribution is -2.45. The predicted molar refractivity (Wildman–Crippen MR) is 104 cm³/mol. The number of halogens is 4. The van der Waals surface area contributed by atoms with Crippen LogP contribution in [-0.2, 0) is 16.2 Å². The average molecular weight is 442 g/mol. The molecule has 1 aliphatic heterocycles. The van der Waals surface area contributed by atoms with Crippen molar-refractivity contribution >= 4 is 21.6 Å². The summed E-state index contributed by atoms with van der Waals surface area (Å²) in [7, 11) is -0.757. The van der Waals surface area contributed by atoms with Crippen LogP contribution in [0.15, 0.2) is 23.1 Å². The van der Waals surface area contributed by atoms with Crippen molar-refractivity contribution in [3.63, 3.8) is 0 Å². The Morgan fingerprint density at radius 3 is 2.50 bits per heavy atom.